The first-order valence-electron chi connectivity index (χ1n) is 6.92. The maximum atomic E-state index is 12.0. The van der Waals surface area contributed by atoms with Gasteiger partial charge in [0.05, 0.1) is 10.0 Å². The first-order valence-corrected chi connectivity index (χ1v) is 7.68. The molecule has 0 spiro atoms. The van der Waals surface area contributed by atoms with Crippen LogP contribution in [0.5, 0.6) is 0 Å². The van der Waals surface area contributed by atoms with E-state index in [1.165, 1.54) is 0 Å². The van der Waals surface area contributed by atoms with Crippen molar-refractivity contribution in [3.8, 4) is 0 Å². The molecule has 0 aliphatic rings. The van der Waals surface area contributed by atoms with Crippen LogP contribution in [0.2, 0.25) is 10.0 Å². The van der Waals surface area contributed by atoms with E-state index in [9.17, 15) is 4.79 Å². The number of halogens is 3. The topological polar surface area (TPSA) is 46.3 Å². The van der Waals surface area contributed by atoms with Gasteiger partial charge in [-0.15, -0.1) is 12.4 Å². The highest BCUT2D eigenvalue weighted by molar-refractivity contribution is 6.42. The van der Waals surface area contributed by atoms with Gasteiger partial charge >= 0.3 is 0 Å². The second kappa shape index (κ2) is 11.1. The molecule has 21 heavy (non-hydrogen) atoms. The number of hydrogen-bond acceptors (Lipinski definition) is 2. The minimum Gasteiger partial charge on any atom is -0.341 e. The van der Waals surface area contributed by atoms with Gasteiger partial charge in [-0.05, 0) is 37.1 Å². The molecule has 2 N–H and O–H groups in total. The van der Waals surface area contributed by atoms with Gasteiger partial charge in [0.1, 0.15) is 0 Å². The summed E-state index contributed by atoms with van der Waals surface area (Å²) in [6.45, 7) is 1.28. The number of hydrogen-bond donors (Lipinski definition) is 1. The average Bonchev–Trinajstić information content (AvgIpc) is 2.42. The number of carbonyl (C=O) groups is 1. The van der Waals surface area contributed by atoms with E-state index in [2.05, 4.69) is 0 Å². The van der Waals surface area contributed by atoms with Crippen LogP contribution >= 0.6 is 35.6 Å². The zero-order valence-corrected chi connectivity index (χ0v) is 14.6. The van der Waals surface area contributed by atoms with Gasteiger partial charge in [0.15, 0.2) is 0 Å². The fourth-order valence-corrected chi connectivity index (χ4v) is 2.29. The summed E-state index contributed by atoms with van der Waals surface area (Å²) in [7, 11) is 1.81. The van der Waals surface area contributed by atoms with Crippen molar-refractivity contribution in [1.29, 1.82) is 0 Å². The van der Waals surface area contributed by atoms with Crippen molar-refractivity contribution in [2.75, 3.05) is 13.6 Å². The molecule has 0 aliphatic heterocycles. The molecular weight excluding hydrogens is 331 g/mol. The molecule has 0 aliphatic carbocycles. The van der Waals surface area contributed by atoms with E-state index < -0.39 is 0 Å². The Labute approximate surface area is 143 Å². The van der Waals surface area contributed by atoms with E-state index in [0.29, 0.717) is 23.0 Å². The second-order valence-corrected chi connectivity index (χ2v) is 5.77. The summed E-state index contributed by atoms with van der Waals surface area (Å²) in [5.74, 6) is 0.156. The molecular formula is C15H23Cl3N2O. The monoisotopic (exact) mass is 352 g/mol. The fraction of sp³-hybridized carbons (Fsp3) is 0.533. The Bertz CT molecular complexity index is 441. The Hall–Kier alpha value is -0.480. The normalized spacial score (nSPS) is 10.1. The summed E-state index contributed by atoms with van der Waals surface area (Å²) in [5, 5.41) is 1.05. The Morgan fingerprint density at radius 2 is 1.81 bits per heavy atom. The molecule has 0 fully saturated rings. The van der Waals surface area contributed by atoms with Crippen molar-refractivity contribution in [2.24, 2.45) is 5.73 Å². The van der Waals surface area contributed by atoms with Gasteiger partial charge in [-0.2, -0.15) is 0 Å². The Kier molecular flexibility index (Phi) is 10.9. The van der Waals surface area contributed by atoms with E-state index in [1.807, 2.05) is 13.1 Å². The van der Waals surface area contributed by atoms with E-state index >= 15 is 0 Å². The van der Waals surface area contributed by atoms with E-state index in [0.717, 1.165) is 37.8 Å². The fourth-order valence-electron chi connectivity index (χ4n) is 1.97. The van der Waals surface area contributed by atoms with Gasteiger partial charge in [-0.1, -0.05) is 42.1 Å². The van der Waals surface area contributed by atoms with Crippen LogP contribution in [-0.2, 0) is 11.3 Å². The third kappa shape index (κ3) is 7.91. The van der Waals surface area contributed by atoms with Gasteiger partial charge in [0, 0.05) is 20.0 Å². The van der Waals surface area contributed by atoms with Crippen LogP contribution in [0.25, 0.3) is 0 Å². The molecule has 0 heterocycles. The lowest BCUT2D eigenvalue weighted by molar-refractivity contribution is -0.130. The third-order valence-corrected chi connectivity index (χ3v) is 3.91. The molecule has 1 aromatic rings. The predicted molar refractivity (Wildman–Crippen MR) is 92.3 cm³/mol. The summed E-state index contributed by atoms with van der Waals surface area (Å²) in [6.07, 6.45) is 4.70. The van der Waals surface area contributed by atoms with Gasteiger partial charge in [-0.25, -0.2) is 0 Å². The number of benzene rings is 1. The number of nitrogens with two attached hydrogens (primary N) is 1. The van der Waals surface area contributed by atoms with Gasteiger partial charge < -0.3 is 10.6 Å². The van der Waals surface area contributed by atoms with Crippen LogP contribution < -0.4 is 5.73 Å². The minimum absolute atomic E-state index is 0. The number of rotatable bonds is 8. The number of nitrogens with zero attached hydrogens (tertiary/aromatic N) is 1. The van der Waals surface area contributed by atoms with Crippen LogP contribution in [0.4, 0.5) is 0 Å². The molecule has 1 aromatic carbocycles. The third-order valence-electron chi connectivity index (χ3n) is 3.17. The van der Waals surface area contributed by atoms with Crippen molar-refractivity contribution in [2.45, 2.75) is 38.6 Å². The van der Waals surface area contributed by atoms with Crippen LogP contribution in [0.1, 0.15) is 37.7 Å². The van der Waals surface area contributed by atoms with Crippen molar-refractivity contribution in [1.82, 2.24) is 4.90 Å². The van der Waals surface area contributed by atoms with Crippen LogP contribution in [0.3, 0.4) is 0 Å². The quantitative estimate of drug-likeness (QED) is 0.709. The molecule has 0 saturated carbocycles. The first kappa shape index (κ1) is 20.5. The van der Waals surface area contributed by atoms with E-state index in [-0.39, 0.29) is 18.3 Å². The molecule has 1 amide bonds. The molecule has 6 heteroatoms. The molecule has 0 unspecified atom stereocenters. The Morgan fingerprint density at radius 1 is 1.14 bits per heavy atom. The van der Waals surface area contributed by atoms with Crippen molar-refractivity contribution < 1.29 is 4.79 Å². The Morgan fingerprint density at radius 3 is 2.43 bits per heavy atom. The van der Waals surface area contributed by atoms with Crippen molar-refractivity contribution >= 4 is 41.5 Å². The maximum Gasteiger partial charge on any atom is 0.222 e. The number of unbranched alkanes of at least 4 members (excludes halogenated alkanes) is 3. The van der Waals surface area contributed by atoms with E-state index in [4.69, 9.17) is 28.9 Å². The molecule has 0 aromatic heterocycles. The molecule has 0 atom stereocenters. The van der Waals surface area contributed by atoms with Gasteiger partial charge in [0.2, 0.25) is 5.91 Å². The van der Waals surface area contributed by atoms with Crippen molar-refractivity contribution in [3.05, 3.63) is 33.8 Å². The molecule has 0 saturated heterocycles. The lowest BCUT2D eigenvalue weighted by Gasteiger charge is -2.17. The summed E-state index contributed by atoms with van der Waals surface area (Å²) in [4.78, 5) is 13.7. The van der Waals surface area contributed by atoms with E-state index in [1.54, 1.807) is 17.0 Å². The molecule has 3 nitrogen and oxygen atoms in total. The summed E-state index contributed by atoms with van der Waals surface area (Å²) in [5.41, 5.74) is 6.42. The van der Waals surface area contributed by atoms with Crippen LogP contribution in [0, 0.1) is 0 Å². The minimum atomic E-state index is 0. The second-order valence-electron chi connectivity index (χ2n) is 4.95. The number of amides is 1. The zero-order chi connectivity index (χ0) is 15.0. The number of carbonyl (C=O) groups excluding carboxylic acids is 1. The maximum absolute atomic E-state index is 12.0. The smallest absolute Gasteiger partial charge is 0.222 e. The lowest BCUT2D eigenvalue weighted by Crippen LogP contribution is -2.25. The molecule has 0 bridgehead atoms. The SMILES string of the molecule is CN(Cc1ccc(Cl)c(Cl)c1)C(=O)CCCCCCN.Cl. The van der Waals surface area contributed by atoms with Gasteiger partial charge in [-0.3, -0.25) is 4.79 Å². The largest absolute Gasteiger partial charge is 0.341 e. The average molecular weight is 354 g/mol. The first-order chi connectivity index (χ1) is 9.54. The van der Waals surface area contributed by atoms with Crippen LogP contribution in [0.15, 0.2) is 18.2 Å². The summed E-state index contributed by atoms with van der Waals surface area (Å²) >= 11 is 11.8. The van der Waals surface area contributed by atoms with Crippen LogP contribution in [-0.4, -0.2) is 24.4 Å². The summed E-state index contributed by atoms with van der Waals surface area (Å²) < 4.78 is 0. The zero-order valence-electron chi connectivity index (χ0n) is 12.3. The highest BCUT2D eigenvalue weighted by atomic mass is 35.5. The molecule has 1 rings (SSSR count). The molecule has 0 radical (unpaired) electrons. The lowest BCUT2D eigenvalue weighted by atomic mass is 10.1. The standard InChI is InChI=1S/C15H22Cl2N2O.ClH/c1-19(15(20)6-4-2-3-5-9-18)11-12-7-8-13(16)14(17)10-12;/h7-8,10H,2-6,9,11,18H2,1H3;1H. The highest BCUT2D eigenvalue weighted by Gasteiger charge is 2.09. The Balaban J connectivity index is 0.00000400. The molecule has 120 valence electrons. The van der Waals surface area contributed by atoms with Gasteiger partial charge in [0.25, 0.3) is 0 Å². The summed E-state index contributed by atoms with van der Waals surface area (Å²) in [6, 6.07) is 5.44. The van der Waals surface area contributed by atoms with Crippen molar-refractivity contribution in [3.63, 3.8) is 0 Å². The highest BCUT2D eigenvalue weighted by Crippen LogP contribution is 2.23. The predicted octanol–water partition coefficient (Wildman–Crippen LogP) is 4.28.